The number of halogens is 2. The molecule has 1 aliphatic rings. The topological polar surface area (TPSA) is 96.0 Å². The van der Waals surface area contributed by atoms with Crippen LogP contribution in [0.5, 0.6) is 0 Å². The fourth-order valence-electron chi connectivity index (χ4n) is 2.50. The second kappa shape index (κ2) is 6.95. The van der Waals surface area contributed by atoms with Crippen molar-refractivity contribution in [2.75, 3.05) is 6.54 Å². The quantitative estimate of drug-likeness (QED) is 0.870. The van der Waals surface area contributed by atoms with Crippen LogP contribution >= 0.6 is 24.0 Å². The van der Waals surface area contributed by atoms with Crippen LogP contribution in [-0.2, 0) is 10.0 Å². The van der Waals surface area contributed by atoms with Crippen LogP contribution in [0.1, 0.15) is 31.2 Å². The Labute approximate surface area is 135 Å². The normalized spacial score (nSPS) is 17.0. The predicted octanol–water partition coefficient (Wildman–Crippen LogP) is 2.18. The Morgan fingerprint density at radius 3 is 2.48 bits per heavy atom. The molecule has 0 unspecified atom stereocenters. The Hall–Kier alpha value is -0.840. The third kappa shape index (κ3) is 3.87. The molecule has 1 aliphatic carbocycles. The van der Waals surface area contributed by atoms with Crippen molar-refractivity contribution in [3.63, 3.8) is 0 Å². The van der Waals surface area contributed by atoms with Crippen LogP contribution in [0.3, 0.4) is 0 Å². The summed E-state index contributed by atoms with van der Waals surface area (Å²) in [7, 11) is -3.69. The number of nitrogens with one attached hydrogen (secondary N) is 1. The van der Waals surface area contributed by atoms with Crippen LogP contribution in [0, 0.1) is 11.3 Å². The minimum absolute atomic E-state index is 0. The molecule has 3 N–H and O–H groups in total. The van der Waals surface area contributed by atoms with Crippen molar-refractivity contribution in [3.8, 4) is 6.07 Å². The maximum Gasteiger partial charge on any atom is 0.241 e. The number of rotatable bonds is 4. The smallest absolute Gasteiger partial charge is 0.241 e. The fraction of sp³-hybridized carbons (Fsp3) is 0.462. The van der Waals surface area contributed by atoms with E-state index in [4.69, 9.17) is 22.6 Å². The molecule has 0 atom stereocenters. The summed E-state index contributed by atoms with van der Waals surface area (Å²) in [5.41, 5.74) is 5.43. The van der Waals surface area contributed by atoms with Crippen molar-refractivity contribution in [3.05, 3.63) is 28.8 Å². The van der Waals surface area contributed by atoms with Crippen LogP contribution in [-0.4, -0.2) is 20.5 Å². The molecule has 21 heavy (non-hydrogen) atoms. The molecule has 0 saturated heterocycles. The Morgan fingerprint density at radius 2 is 2.00 bits per heavy atom. The van der Waals surface area contributed by atoms with Gasteiger partial charge in [-0.05, 0) is 31.0 Å². The van der Waals surface area contributed by atoms with Gasteiger partial charge in [0.15, 0.2) is 0 Å². The summed E-state index contributed by atoms with van der Waals surface area (Å²) in [6.07, 6.45) is 3.42. The lowest BCUT2D eigenvalue weighted by Crippen LogP contribution is -2.51. The number of hydrogen-bond acceptors (Lipinski definition) is 4. The first-order valence-electron chi connectivity index (χ1n) is 6.36. The van der Waals surface area contributed by atoms with Crippen LogP contribution < -0.4 is 10.5 Å². The first-order valence-corrected chi connectivity index (χ1v) is 8.22. The molecule has 1 saturated carbocycles. The minimum Gasteiger partial charge on any atom is -0.329 e. The SMILES string of the molecule is Cl.N#Cc1ccc(S(=O)(=O)NC2(CN)CCCC2)cc1Cl. The van der Waals surface area contributed by atoms with Gasteiger partial charge < -0.3 is 5.73 Å². The van der Waals surface area contributed by atoms with Gasteiger partial charge in [-0.2, -0.15) is 5.26 Å². The van der Waals surface area contributed by atoms with Crippen LogP contribution in [0.2, 0.25) is 5.02 Å². The molecule has 5 nitrogen and oxygen atoms in total. The zero-order valence-corrected chi connectivity index (χ0v) is 13.7. The molecule has 0 amide bonds. The molecule has 2 rings (SSSR count). The van der Waals surface area contributed by atoms with Crippen molar-refractivity contribution in [1.29, 1.82) is 5.26 Å². The molecule has 8 heteroatoms. The zero-order valence-electron chi connectivity index (χ0n) is 11.3. The monoisotopic (exact) mass is 349 g/mol. The molecule has 0 bridgehead atoms. The molecule has 1 aromatic carbocycles. The largest absolute Gasteiger partial charge is 0.329 e. The van der Waals surface area contributed by atoms with Crippen molar-refractivity contribution in [2.45, 2.75) is 36.1 Å². The van der Waals surface area contributed by atoms with Crippen molar-refractivity contribution >= 4 is 34.0 Å². The summed E-state index contributed by atoms with van der Waals surface area (Å²) in [6, 6.07) is 5.98. The number of nitrogens with zero attached hydrogens (tertiary/aromatic N) is 1. The number of benzene rings is 1. The van der Waals surface area contributed by atoms with E-state index in [1.54, 1.807) is 0 Å². The van der Waals surface area contributed by atoms with E-state index in [1.165, 1.54) is 18.2 Å². The van der Waals surface area contributed by atoms with E-state index in [0.29, 0.717) is 0 Å². The molecule has 0 heterocycles. The van der Waals surface area contributed by atoms with Gasteiger partial charge in [0.1, 0.15) is 6.07 Å². The van der Waals surface area contributed by atoms with Gasteiger partial charge in [0.2, 0.25) is 10.0 Å². The third-order valence-electron chi connectivity index (χ3n) is 3.67. The lowest BCUT2D eigenvalue weighted by Gasteiger charge is -2.28. The number of hydrogen-bond donors (Lipinski definition) is 2. The zero-order chi connectivity index (χ0) is 14.8. The van der Waals surface area contributed by atoms with Gasteiger partial charge in [-0.3, -0.25) is 0 Å². The highest BCUT2D eigenvalue weighted by Gasteiger charge is 2.36. The second-order valence-corrected chi connectivity index (χ2v) is 7.14. The molecule has 1 aromatic rings. The average Bonchev–Trinajstić information content (AvgIpc) is 2.87. The summed E-state index contributed by atoms with van der Waals surface area (Å²) in [5, 5.41) is 8.93. The van der Waals surface area contributed by atoms with Gasteiger partial charge in [-0.25, -0.2) is 13.1 Å². The van der Waals surface area contributed by atoms with E-state index >= 15 is 0 Å². The van der Waals surface area contributed by atoms with Gasteiger partial charge in [0.25, 0.3) is 0 Å². The minimum atomic E-state index is -3.69. The van der Waals surface area contributed by atoms with Crippen molar-refractivity contribution in [1.82, 2.24) is 4.72 Å². The highest BCUT2D eigenvalue weighted by molar-refractivity contribution is 7.89. The summed E-state index contributed by atoms with van der Waals surface area (Å²) < 4.78 is 27.5. The first-order chi connectivity index (χ1) is 9.42. The Morgan fingerprint density at radius 1 is 1.38 bits per heavy atom. The molecule has 0 aromatic heterocycles. The fourth-order valence-corrected chi connectivity index (χ4v) is 4.28. The van der Waals surface area contributed by atoms with E-state index in [1.807, 2.05) is 6.07 Å². The highest BCUT2D eigenvalue weighted by Crippen LogP contribution is 2.31. The number of sulfonamides is 1. The van der Waals surface area contributed by atoms with E-state index in [-0.39, 0.29) is 34.4 Å². The molecular formula is C13H17Cl2N3O2S. The molecule has 1 fully saturated rings. The number of nitrogens with two attached hydrogens (primary N) is 1. The first kappa shape index (κ1) is 18.2. The molecular weight excluding hydrogens is 333 g/mol. The summed E-state index contributed by atoms with van der Waals surface area (Å²) in [4.78, 5) is 0.0567. The van der Waals surface area contributed by atoms with Crippen LogP contribution in [0.15, 0.2) is 23.1 Å². The predicted molar refractivity (Wildman–Crippen MR) is 84.0 cm³/mol. The van der Waals surface area contributed by atoms with Crippen LogP contribution in [0.25, 0.3) is 0 Å². The van der Waals surface area contributed by atoms with Crippen molar-refractivity contribution < 1.29 is 8.42 Å². The van der Waals surface area contributed by atoms with Gasteiger partial charge in [-0.15, -0.1) is 12.4 Å². The second-order valence-electron chi connectivity index (χ2n) is 5.05. The molecule has 0 spiro atoms. The Balaban J connectivity index is 0.00000220. The summed E-state index contributed by atoms with van der Waals surface area (Å²) in [5.74, 6) is 0. The summed E-state index contributed by atoms with van der Waals surface area (Å²) >= 11 is 5.88. The standard InChI is InChI=1S/C13H16ClN3O2S.ClH/c14-12-7-11(4-3-10(12)8-15)20(18,19)17-13(9-16)5-1-2-6-13;/h3-4,7,17H,1-2,5-6,9,16H2;1H. The van der Waals surface area contributed by atoms with E-state index in [2.05, 4.69) is 4.72 Å². The maximum absolute atomic E-state index is 12.4. The van der Waals surface area contributed by atoms with Crippen LogP contribution in [0.4, 0.5) is 0 Å². The molecule has 0 radical (unpaired) electrons. The Kier molecular flexibility index (Phi) is 6.02. The van der Waals surface area contributed by atoms with E-state index < -0.39 is 15.6 Å². The van der Waals surface area contributed by atoms with E-state index in [0.717, 1.165) is 25.7 Å². The highest BCUT2D eigenvalue weighted by atomic mass is 35.5. The lowest BCUT2D eigenvalue weighted by atomic mass is 10.0. The third-order valence-corrected chi connectivity index (χ3v) is 5.56. The molecule has 116 valence electrons. The lowest BCUT2D eigenvalue weighted by molar-refractivity contribution is 0.399. The Bertz CT molecular complexity index is 650. The van der Waals surface area contributed by atoms with Gasteiger partial charge in [0.05, 0.1) is 15.5 Å². The van der Waals surface area contributed by atoms with Crippen molar-refractivity contribution in [2.24, 2.45) is 5.73 Å². The summed E-state index contributed by atoms with van der Waals surface area (Å²) in [6.45, 7) is 0.274. The van der Waals surface area contributed by atoms with Gasteiger partial charge in [-0.1, -0.05) is 24.4 Å². The van der Waals surface area contributed by atoms with E-state index in [9.17, 15) is 8.42 Å². The average molecular weight is 350 g/mol. The maximum atomic E-state index is 12.4. The number of nitriles is 1. The van der Waals surface area contributed by atoms with Gasteiger partial charge in [0, 0.05) is 12.1 Å². The molecule has 0 aliphatic heterocycles. The van der Waals surface area contributed by atoms with Gasteiger partial charge >= 0.3 is 0 Å².